The Morgan fingerprint density at radius 3 is 2.25 bits per heavy atom. The molecule has 3 N–H and O–H groups in total. The molecule has 15 heteroatoms. The maximum atomic E-state index is 13.7. The molecule has 3 aromatic heterocycles. The van der Waals surface area contributed by atoms with Crippen molar-refractivity contribution in [1.82, 2.24) is 25.1 Å². The minimum Gasteiger partial charge on any atom is -0.475 e. The van der Waals surface area contributed by atoms with Crippen molar-refractivity contribution in [3.63, 3.8) is 0 Å². The normalized spacial score (nSPS) is 13.7. The van der Waals surface area contributed by atoms with Crippen LogP contribution in [0.3, 0.4) is 0 Å². The summed E-state index contributed by atoms with van der Waals surface area (Å²) in [7, 11) is 0. The van der Waals surface area contributed by atoms with Crippen molar-refractivity contribution >= 4 is 23.4 Å². The second-order valence-electron chi connectivity index (χ2n) is 7.25. The van der Waals surface area contributed by atoms with Crippen LogP contribution >= 0.6 is 0 Å². The molecular formula is C21H20F5N7O3. The third kappa shape index (κ3) is 6.71. The molecule has 1 amide bonds. The number of aliphatic carboxylic acids is 1. The second-order valence-corrected chi connectivity index (χ2v) is 7.25. The Hall–Kier alpha value is -4.14. The third-order valence-corrected chi connectivity index (χ3v) is 4.87. The summed E-state index contributed by atoms with van der Waals surface area (Å²) in [4.78, 5) is 31.8. The average molecular weight is 513 g/mol. The SMILES string of the molecule is O=C(Nc1cc(N2CCNCC2)ccn1)c1cnn(-c2ccncc2)c1C(F)F.O=C(O)C(F)(F)F. The molecule has 3 aromatic rings. The van der Waals surface area contributed by atoms with Gasteiger partial charge in [-0.15, -0.1) is 0 Å². The number of carbonyl (C=O) groups excluding carboxylic acids is 1. The second kappa shape index (κ2) is 11.5. The van der Waals surface area contributed by atoms with Crippen LogP contribution in [0.4, 0.5) is 33.5 Å². The van der Waals surface area contributed by atoms with Crippen LogP contribution in [0, 0.1) is 0 Å². The number of anilines is 2. The highest BCUT2D eigenvalue weighted by atomic mass is 19.4. The van der Waals surface area contributed by atoms with E-state index in [-0.39, 0.29) is 5.56 Å². The van der Waals surface area contributed by atoms with Crippen molar-refractivity contribution in [2.75, 3.05) is 36.4 Å². The number of nitrogens with one attached hydrogen (secondary N) is 2. The number of pyridine rings is 2. The Bertz CT molecular complexity index is 1180. The van der Waals surface area contributed by atoms with E-state index >= 15 is 0 Å². The fourth-order valence-corrected chi connectivity index (χ4v) is 3.22. The fourth-order valence-electron chi connectivity index (χ4n) is 3.22. The number of hydrogen-bond donors (Lipinski definition) is 3. The van der Waals surface area contributed by atoms with Crippen molar-refractivity contribution in [2.24, 2.45) is 0 Å². The molecule has 10 nitrogen and oxygen atoms in total. The summed E-state index contributed by atoms with van der Waals surface area (Å²) in [6.45, 7) is 3.42. The average Bonchev–Trinajstić information content (AvgIpc) is 3.31. The molecule has 4 rings (SSSR count). The van der Waals surface area contributed by atoms with Gasteiger partial charge in [-0.25, -0.2) is 23.2 Å². The summed E-state index contributed by atoms with van der Waals surface area (Å²) in [5.74, 6) is -3.15. The molecule has 0 saturated carbocycles. The Morgan fingerprint density at radius 1 is 1.06 bits per heavy atom. The first kappa shape index (κ1) is 26.5. The van der Waals surface area contributed by atoms with Gasteiger partial charge in [0.15, 0.2) is 0 Å². The zero-order valence-electron chi connectivity index (χ0n) is 18.4. The summed E-state index contributed by atoms with van der Waals surface area (Å²) >= 11 is 0. The summed E-state index contributed by atoms with van der Waals surface area (Å²) in [5, 5.41) is 17.0. The molecule has 4 heterocycles. The number of halogens is 5. The van der Waals surface area contributed by atoms with Crippen LogP contribution in [0.5, 0.6) is 0 Å². The fraction of sp³-hybridized carbons (Fsp3) is 0.286. The molecule has 1 saturated heterocycles. The van der Waals surface area contributed by atoms with E-state index in [9.17, 15) is 26.7 Å². The van der Waals surface area contributed by atoms with Gasteiger partial charge in [0, 0.05) is 56.5 Å². The van der Waals surface area contributed by atoms with Crippen molar-refractivity contribution in [3.05, 3.63) is 60.3 Å². The predicted molar refractivity (Wildman–Crippen MR) is 117 cm³/mol. The molecule has 0 atom stereocenters. The maximum Gasteiger partial charge on any atom is 0.490 e. The maximum absolute atomic E-state index is 13.7. The first-order chi connectivity index (χ1) is 17.1. The monoisotopic (exact) mass is 513 g/mol. The highest BCUT2D eigenvalue weighted by molar-refractivity contribution is 6.04. The van der Waals surface area contributed by atoms with Gasteiger partial charge in [0.1, 0.15) is 11.5 Å². The lowest BCUT2D eigenvalue weighted by molar-refractivity contribution is -0.192. The zero-order valence-corrected chi connectivity index (χ0v) is 18.4. The molecule has 192 valence electrons. The lowest BCUT2D eigenvalue weighted by Gasteiger charge is -2.29. The number of carboxylic acids is 1. The molecule has 0 aromatic carbocycles. The molecule has 0 aliphatic carbocycles. The molecule has 0 spiro atoms. The quantitative estimate of drug-likeness (QED) is 0.445. The number of carboxylic acid groups (broad SMARTS) is 1. The van der Waals surface area contributed by atoms with Crippen LogP contribution in [-0.2, 0) is 4.79 Å². The smallest absolute Gasteiger partial charge is 0.475 e. The van der Waals surface area contributed by atoms with E-state index in [1.807, 2.05) is 6.07 Å². The molecule has 1 aliphatic rings. The van der Waals surface area contributed by atoms with E-state index in [1.165, 1.54) is 12.4 Å². The number of alkyl halides is 5. The summed E-state index contributed by atoms with van der Waals surface area (Å²) in [6.07, 6.45) is -2.31. The standard InChI is InChI=1S/C19H19F2N7O.C2HF3O2/c20-18(21)17-15(12-25-28(17)13-1-4-22-5-2-13)19(29)26-16-11-14(3-6-24-16)27-9-7-23-8-10-27;3-2(4,5)1(6)7/h1-6,11-12,18,23H,7-10H2,(H,24,26,29);(H,6,7). The molecule has 1 fully saturated rings. The topological polar surface area (TPSA) is 125 Å². The van der Waals surface area contributed by atoms with Crippen LogP contribution in [0.1, 0.15) is 22.5 Å². The number of carbonyl (C=O) groups is 2. The largest absolute Gasteiger partial charge is 0.490 e. The summed E-state index contributed by atoms with van der Waals surface area (Å²) in [5.41, 5.74) is 0.629. The zero-order chi connectivity index (χ0) is 26.3. The number of piperazine rings is 1. The lowest BCUT2D eigenvalue weighted by atomic mass is 10.2. The van der Waals surface area contributed by atoms with E-state index in [1.54, 1.807) is 24.4 Å². The van der Waals surface area contributed by atoms with Gasteiger partial charge in [-0.3, -0.25) is 9.78 Å². The van der Waals surface area contributed by atoms with Crippen molar-refractivity contribution in [2.45, 2.75) is 12.6 Å². The summed E-state index contributed by atoms with van der Waals surface area (Å²) in [6, 6.07) is 6.67. The molecular weight excluding hydrogens is 493 g/mol. The summed E-state index contributed by atoms with van der Waals surface area (Å²) < 4.78 is 60.2. The van der Waals surface area contributed by atoms with Gasteiger partial charge < -0.3 is 20.6 Å². The molecule has 0 radical (unpaired) electrons. The van der Waals surface area contributed by atoms with Gasteiger partial charge in [0.05, 0.1) is 17.4 Å². The molecule has 1 aliphatic heterocycles. The first-order valence-corrected chi connectivity index (χ1v) is 10.4. The lowest BCUT2D eigenvalue weighted by Crippen LogP contribution is -2.43. The van der Waals surface area contributed by atoms with Gasteiger partial charge in [-0.1, -0.05) is 0 Å². The van der Waals surface area contributed by atoms with Gasteiger partial charge >= 0.3 is 12.1 Å². The Balaban J connectivity index is 0.000000454. The Morgan fingerprint density at radius 2 is 1.67 bits per heavy atom. The third-order valence-electron chi connectivity index (χ3n) is 4.87. The molecule has 0 bridgehead atoms. The number of nitrogens with zero attached hydrogens (tertiary/aromatic N) is 5. The number of amides is 1. The van der Waals surface area contributed by atoms with Gasteiger partial charge in [-0.05, 0) is 18.2 Å². The highest BCUT2D eigenvalue weighted by Gasteiger charge is 2.38. The van der Waals surface area contributed by atoms with Crippen molar-refractivity contribution in [1.29, 1.82) is 0 Å². The van der Waals surface area contributed by atoms with Crippen LogP contribution < -0.4 is 15.5 Å². The Labute approximate surface area is 200 Å². The van der Waals surface area contributed by atoms with Gasteiger partial charge in [0.25, 0.3) is 12.3 Å². The van der Waals surface area contributed by atoms with Crippen LogP contribution in [0.15, 0.2) is 49.1 Å². The van der Waals surface area contributed by atoms with Crippen molar-refractivity contribution in [3.8, 4) is 5.69 Å². The van der Waals surface area contributed by atoms with E-state index in [0.29, 0.717) is 11.5 Å². The van der Waals surface area contributed by atoms with Gasteiger partial charge in [0.2, 0.25) is 0 Å². The minimum atomic E-state index is -5.08. The predicted octanol–water partition coefficient (Wildman–Crippen LogP) is 2.90. The first-order valence-electron chi connectivity index (χ1n) is 10.4. The molecule has 0 unspecified atom stereocenters. The molecule has 36 heavy (non-hydrogen) atoms. The van der Waals surface area contributed by atoms with E-state index in [0.717, 1.165) is 42.7 Å². The highest BCUT2D eigenvalue weighted by Crippen LogP contribution is 2.26. The number of aromatic nitrogens is 4. The Kier molecular flexibility index (Phi) is 8.47. The van der Waals surface area contributed by atoms with Crippen LogP contribution in [0.2, 0.25) is 0 Å². The van der Waals surface area contributed by atoms with E-state index in [2.05, 4.69) is 30.6 Å². The number of hydrogen-bond acceptors (Lipinski definition) is 7. The van der Waals surface area contributed by atoms with Crippen LogP contribution in [0.25, 0.3) is 5.69 Å². The van der Waals surface area contributed by atoms with E-state index < -0.39 is 30.2 Å². The van der Waals surface area contributed by atoms with Crippen LogP contribution in [-0.4, -0.2) is 69.1 Å². The van der Waals surface area contributed by atoms with Crippen molar-refractivity contribution < 1.29 is 36.6 Å². The number of rotatable bonds is 5. The van der Waals surface area contributed by atoms with Gasteiger partial charge in [-0.2, -0.15) is 18.3 Å². The minimum absolute atomic E-state index is 0.203. The van der Waals surface area contributed by atoms with E-state index in [4.69, 9.17) is 9.90 Å².